The molecule has 1 amide bonds. The van der Waals surface area contributed by atoms with Crippen molar-refractivity contribution in [2.45, 2.75) is 13.0 Å². The highest BCUT2D eigenvalue weighted by Crippen LogP contribution is 2.45. The van der Waals surface area contributed by atoms with Crippen molar-refractivity contribution in [2.24, 2.45) is 0 Å². The van der Waals surface area contributed by atoms with Crippen LogP contribution in [-0.2, 0) is 9.59 Å². The molecule has 0 saturated carbocycles. The first kappa shape index (κ1) is 21.2. The van der Waals surface area contributed by atoms with Crippen LogP contribution in [0, 0.1) is 6.92 Å². The molecule has 1 saturated heterocycles. The second-order valence-corrected chi connectivity index (χ2v) is 7.48. The van der Waals surface area contributed by atoms with Crippen molar-refractivity contribution < 1.29 is 24.2 Å². The van der Waals surface area contributed by atoms with Gasteiger partial charge in [-0.1, -0.05) is 42.5 Å². The molecule has 1 aliphatic rings. The van der Waals surface area contributed by atoms with Gasteiger partial charge in [0.1, 0.15) is 17.3 Å². The Balaban J connectivity index is 2.00. The van der Waals surface area contributed by atoms with Crippen molar-refractivity contribution in [3.63, 3.8) is 0 Å². The molecule has 6 nitrogen and oxygen atoms in total. The normalized spacial score (nSPS) is 17.5. The van der Waals surface area contributed by atoms with Crippen molar-refractivity contribution in [1.82, 2.24) is 0 Å². The van der Waals surface area contributed by atoms with Gasteiger partial charge >= 0.3 is 0 Å². The van der Waals surface area contributed by atoms with Crippen molar-refractivity contribution >= 4 is 23.1 Å². The Bertz CT molecular complexity index is 1220. The summed E-state index contributed by atoms with van der Waals surface area (Å²) in [6.07, 6.45) is 0. The van der Waals surface area contributed by atoms with E-state index in [4.69, 9.17) is 9.47 Å². The van der Waals surface area contributed by atoms with Gasteiger partial charge in [0.25, 0.3) is 11.7 Å². The van der Waals surface area contributed by atoms with Crippen molar-refractivity contribution in [3.8, 4) is 11.5 Å². The number of rotatable bonds is 5. The summed E-state index contributed by atoms with van der Waals surface area (Å²) < 4.78 is 10.9. The Morgan fingerprint density at radius 1 is 0.906 bits per heavy atom. The first-order valence-electron chi connectivity index (χ1n) is 10.1. The molecular formula is C26H23NO5. The molecule has 4 rings (SSSR count). The number of anilines is 1. The summed E-state index contributed by atoms with van der Waals surface area (Å²) in [7, 11) is 3.05. The first-order valence-corrected chi connectivity index (χ1v) is 10.1. The van der Waals surface area contributed by atoms with Crippen LogP contribution in [0.1, 0.15) is 22.7 Å². The number of ether oxygens (including phenoxy) is 2. The summed E-state index contributed by atoms with van der Waals surface area (Å²) in [5, 5.41) is 11.1. The molecule has 32 heavy (non-hydrogen) atoms. The van der Waals surface area contributed by atoms with E-state index >= 15 is 0 Å². The van der Waals surface area contributed by atoms with Crippen LogP contribution in [0.2, 0.25) is 0 Å². The van der Waals surface area contributed by atoms with Gasteiger partial charge in [0.15, 0.2) is 0 Å². The molecule has 3 aromatic rings. The molecule has 0 spiro atoms. The summed E-state index contributed by atoms with van der Waals surface area (Å²) in [6, 6.07) is 20.3. The average molecular weight is 429 g/mol. The number of hydrogen-bond donors (Lipinski definition) is 1. The lowest BCUT2D eigenvalue weighted by molar-refractivity contribution is -0.132. The molecule has 162 valence electrons. The zero-order valence-electron chi connectivity index (χ0n) is 18.0. The number of aliphatic hydroxyl groups is 1. The highest BCUT2D eigenvalue weighted by Gasteiger charge is 2.48. The highest BCUT2D eigenvalue weighted by atomic mass is 16.5. The maximum absolute atomic E-state index is 13.2. The van der Waals surface area contributed by atoms with Crippen molar-refractivity contribution in [3.05, 3.63) is 95.1 Å². The van der Waals surface area contributed by atoms with E-state index < -0.39 is 17.7 Å². The Morgan fingerprint density at radius 3 is 2.31 bits per heavy atom. The second kappa shape index (κ2) is 8.59. The van der Waals surface area contributed by atoms with Crippen LogP contribution < -0.4 is 14.4 Å². The molecular weight excluding hydrogens is 406 g/mol. The predicted octanol–water partition coefficient (Wildman–Crippen LogP) is 4.64. The molecule has 0 aliphatic carbocycles. The number of carbonyl (C=O) groups is 2. The van der Waals surface area contributed by atoms with Gasteiger partial charge in [0.05, 0.1) is 25.8 Å². The van der Waals surface area contributed by atoms with Crippen LogP contribution in [0.5, 0.6) is 11.5 Å². The summed E-state index contributed by atoms with van der Waals surface area (Å²) in [4.78, 5) is 27.9. The zero-order valence-corrected chi connectivity index (χ0v) is 18.0. The number of benzene rings is 3. The minimum atomic E-state index is -0.877. The number of Topliss-reactive ketones (excluding diaryl/α,β-unsaturated/α-hetero) is 1. The van der Waals surface area contributed by atoms with Crippen LogP contribution in [-0.4, -0.2) is 31.0 Å². The van der Waals surface area contributed by atoms with Gasteiger partial charge in [-0.05, 0) is 36.8 Å². The molecule has 1 heterocycles. The van der Waals surface area contributed by atoms with Gasteiger partial charge in [-0.2, -0.15) is 0 Å². The Morgan fingerprint density at radius 2 is 1.66 bits per heavy atom. The minimum absolute atomic E-state index is 0.00572. The molecule has 1 unspecified atom stereocenters. The predicted molar refractivity (Wildman–Crippen MR) is 122 cm³/mol. The van der Waals surface area contributed by atoms with E-state index in [2.05, 4.69) is 0 Å². The molecule has 6 heteroatoms. The zero-order chi connectivity index (χ0) is 22.8. The van der Waals surface area contributed by atoms with Crippen LogP contribution >= 0.6 is 0 Å². The Labute approximate surface area is 186 Å². The number of carbonyl (C=O) groups excluding carboxylic acids is 2. The molecule has 1 atom stereocenters. The topological polar surface area (TPSA) is 76.1 Å². The van der Waals surface area contributed by atoms with E-state index in [1.807, 2.05) is 31.2 Å². The van der Waals surface area contributed by atoms with Gasteiger partial charge in [0.2, 0.25) is 0 Å². The number of hydrogen-bond acceptors (Lipinski definition) is 5. The van der Waals surface area contributed by atoms with Crippen LogP contribution in [0.3, 0.4) is 0 Å². The molecule has 1 aliphatic heterocycles. The van der Waals surface area contributed by atoms with Crippen molar-refractivity contribution in [1.29, 1.82) is 0 Å². The van der Waals surface area contributed by atoms with Gasteiger partial charge < -0.3 is 14.6 Å². The third-order valence-corrected chi connectivity index (χ3v) is 5.51. The van der Waals surface area contributed by atoms with Crippen LogP contribution in [0.25, 0.3) is 5.76 Å². The van der Waals surface area contributed by atoms with Crippen molar-refractivity contribution in [2.75, 3.05) is 19.1 Å². The maximum Gasteiger partial charge on any atom is 0.300 e. The number of methoxy groups -OCH3 is 2. The molecule has 1 fully saturated rings. The average Bonchev–Trinajstić information content (AvgIpc) is 3.08. The molecule has 0 bridgehead atoms. The Kier molecular flexibility index (Phi) is 5.69. The standard InChI is InChI=1S/C26H23NO5/c1-16-8-7-11-18(14-16)27-23(20-13-12-19(31-2)15-21(20)32-3)22(25(29)26(27)30)24(28)17-9-5-4-6-10-17/h4-15,23,28H,1-3H3/b24-22-. The van der Waals surface area contributed by atoms with Gasteiger partial charge in [0, 0.05) is 22.9 Å². The third-order valence-electron chi connectivity index (χ3n) is 5.51. The lowest BCUT2D eigenvalue weighted by Gasteiger charge is -2.27. The molecule has 0 radical (unpaired) electrons. The minimum Gasteiger partial charge on any atom is -0.507 e. The fraction of sp³-hybridized carbons (Fsp3) is 0.154. The second-order valence-electron chi connectivity index (χ2n) is 7.48. The number of nitrogens with zero attached hydrogens (tertiary/aromatic N) is 1. The van der Waals surface area contributed by atoms with E-state index in [-0.39, 0.29) is 11.3 Å². The van der Waals surface area contributed by atoms with Crippen LogP contribution in [0.15, 0.2) is 78.4 Å². The summed E-state index contributed by atoms with van der Waals surface area (Å²) >= 11 is 0. The quantitative estimate of drug-likeness (QED) is 0.363. The Hall–Kier alpha value is -4.06. The lowest BCUT2D eigenvalue weighted by Crippen LogP contribution is -2.29. The van der Waals surface area contributed by atoms with Gasteiger partial charge in [-0.15, -0.1) is 0 Å². The maximum atomic E-state index is 13.2. The number of ketones is 1. The fourth-order valence-corrected chi connectivity index (χ4v) is 3.97. The smallest absolute Gasteiger partial charge is 0.300 e. The first-order chi connectivity index (χ1) is 15.5. The molecule has 0 aromatic heterocycles. The van der Waals surface area contributed by atoms with Crippen LogP contribution in [0.4, 0.5) is 5.69 Å². The largest absolute Gasteiger partial charge is 0.507 e. The van der Waals surface area contributed by atoms with E-state index in [9.17, 15) is 14.7 Å². The van der Waals surface area contributed by atoms with Gasteiger partial charge in [-0.25, -0.2) is 0 Å². The monoisotopic (exact) mass is 429 g/mol. The summed E-state index contributed by atoms with van der Waals surface area (Å²) in [5.74, 6) is -0.692. The summed E-state index contributed by atoms with van der Waals surface area (Å²) in [6.45, 7) is 1.91. The fourth-order valence-electron chi connectivity index (χ4n) is 3.97. The van der Waals surface area contributed by atoms with E-state index in [0.29, 0.717) is 28.3 Å². The van der Waals surface area contributed by atoms with E-state index in [0.717, 1.165) is 5.56 Å². The highest BCUT2D eigenvalue weighted by molar-refractivity contribution is 6.51. The lowest BCUT2D eigenvalue weighted by atomic mass is 9.94. The number of aliphatic hydroxyl groups excluding tert-OH is 1. The number of aryl methyl sites for hydroxylation is 1. The van der Waals surface area contributed by atoms with E-state index in [1.165, 1.54) is 12.0 Å². The van der Waals surface area contributed by atoms with Gasteiger partial charge in [-0.3, -0.25) is 14.5 Å². The van der Waals surface area contributed by atoms with E-state index in [1.54, 1.807) is 55.6 Å². The third kappa shape index (κ3) is 3.60. The SMILES string of the molecule is COc1ccc(C2/C(=C(/O)c3ccccc3)C(=O)C(=O)N2c2cccc(C)c2)c(OC)c1. The molecule has 1 N–H and O–H groups in total. The molecule has 3 aromatic carbocycles. The number of amides is 1. The summed E-state index contributed by atoms with van der Waals surface area (Å²) in [5.41, 5.74) is 2.51.